The zero-order valence-corrected chi connectivity index (χ0v) is 12.3. The fourth-order valence-corrected chi connectivity index (χ4v) is 3.32. The molecule has 2 aliphatic rings. The Hall–Kier alpha value is -0.160. The number of nitrogens with zero attached hydrogens (tertiary/aromatic N) is 1. The maximum absolute atomic E-state index is 10.0. The van der Waals surface area contributed by atoms with Gasteiger partial charge in [0.2, 0.25) is 0 Å². The second-order valence-corrected chi connectivity index (χ2v) is 6.08. The molecule has 0 bridgehead atoms. The molecular formula is C15H30N2O2. The number of aliphatic hydroxyl groups is 1. The molecule has 1 heterocycles. The van der Waals surface area contributed by atoms with Gasteiger partial charge >= 0.3 is 0 Å². The molecule has 1 saturated carbocycles. The van der Waals surface area contributed by atoms with Gasteiger partial charge in [0.15, 0.2) is 0 Å². The van der Waals surface area contributed by atoms with Gasteiger partial charge in [0.05, 0.1) is 18.8 Å². The molecule has 2 fully saturated rings. The van der Waals surface area contributed by atoms with Gasteiger partial charge < -0.3 is 15.2 Å². The van der Waals surface area contributed by atoms with Gasteiger partial charge in [-0.1, -0.05) is 32.6 Å². The van der Waals surface area contributed by atoms with Crippen molar-refractivity contribution < 1.29 is 9.84 Å². The predicted molar refractivity (Wildman–Crippen MR) is 77.3 cm³/mol. The van der Waals surface area contributed by atoms with Crippen LogP contribution < -0.4 is 5.32 Å². The molecule has 0 aromatic heterocycles. The molecule has 0 spiro atoms. The molecule has 1 aliphatic heterocycles. The Morgan fingerprint density at radius 2 is 2.16 bits per heavy atom. The van der Waals surface area contributed by atoms with Crippen molar-refractivity contribution in [2.75, 3.05) is 39.3 Å². The van der Waals surface area contributed by atoms with Crippen LogP contribution in [0, 0.1) is 5.92 Å². The number of rotatable bonds is 7. The smallest absolute Gasteiger partial charge is 0.0826 e. The number of nitrogens with one attached hydrogen (secondary N) is 1. The minimum absolute atomic E-state index is 0.186. The van der Waals surface area contributed by atoms with Gasteiger partial charge in [-0.2, -0.15) is 0 Å². The summed E-state index contributed by atoms with van der Waals surface area (Å²) in [6, 6.07) is 0. The van der Waals surface area contributed by atoms with E-state index < -0.39 is 0 Å². The van der Waals surface area contributed by atoms with Gasteiger partial charge in [-0.15, -0.1) is 0 Å². The van der Waals surface area contributed by atoms with Crippen molar-refractivity contribution in [2.24, 2.45) is 5.92 Å². The van der Waals surface area contributed by atoms with Gasteiger partial charge in [0, 0.05) is 26.2 Å². The number of hydrogen-bond acceptors (Lipinski definition) is 4. The highest BCUT2D eigenvalue weighted by atomic mass is 16.5. The van der Waals surface area contributed by atoms with Crippen LogP contribution in [0.15, 0.2) is 0 Å². The minimum atomic E-state index is -0.186. The third-order valence-corrected chi connectivity index (χ3v) is 4.50. The number of likely N-dealkylation sites (N-methyl/N-ethyl adjacent to an activating group) is 1. The van der Waals surface area contributed by atoms with E-state index in [1.54, 1.807) is 0 Å². The van der Waals surface area contributed by atoms with E-state index in [9.17, 15) is 5.11 Å². The van der Waals surface area contributed by atoms with Gasteiger partial charge in [-0.25, -0.2) is 0 Å². The SMILES string of the molecule is CCN1CCOC(CNCC(O)CC2CCCC2)C1. The van der Waals surface area contributed by atoms with Crippen LogP contribution in [-0.4, -0.2) is 61.5 Å². The highest BCUT2D eigenvalue weighted by Gasteiger charge is 2.21. The molecule has 0 amide bonds. The molecule has 4 heteroatoms. The van der Waals surface area contributed by atoms with Crippen LogP contribution in [0.25, 0.3) is 0 Å². The van der Waals surface area contributed by atoms with Crippen LogP contribution in [0.2, 0.25) is 0 Å². The van der Waals surface area contributed by atoms with Crippen molar-refractivity contribution >= 4 is 0 Å². The molecular weight excluding hydrogens is 240 g/mol. The Morgan fingerprint density at radius 1 is 1.37 bits per heavy atom. The molecule has 0 aromatic carbocycles. The molecule has 2 N–H and O–H groups in total. The summed E-state index contributed by atoms with van der Waals surface area (Å²) in [5.74, 6) is 0.762. The molecule has 19 heavy (non-hydrogen) atoms. The Morgan fingerprint density at radius 3 is 2.89 bits per heavy atom. The normalized spacial score (nSPS) is 27.8. The van der Waals surface area contributed by atoms with Crippen molar-refractivity contribution in [1.82, 2.24) is 10.2 Å². The summed E-state index contributed by atoms with van der Waals surface area (Å²) >= 11 is 0. The van der Waals surface area contributed by atoms with E-state index in [0.29, 0.717) is 6.54 Å². The summed E-state index contributed by atoms with van der Waals surface area (Å²) in [5.41, 5.74) is 0. The molecule has 112 valence electrons. The summed E-state index contributed by atoms with van der Waals surface area (Å²) in [4.78, 5) is 2.42. The van der Waals surface area contributed by atoms with E-state index in [1.807, 2.05) is 0 Å². The van der Waals surface area contributed by atoms with Crippen LogP contribution in [0.5, 0.6) is 0 Å². The quantitative estimate of drug-likeness (QED) is 0.730. The first-order valence-corrected chi connectivity index (χ1v) is 8.00. The van der Waals surface area contributed by atoms with Crippen LogP contribution >= 0.6 is 0 Å². The van der Waals surface area contributed by atoms with Gasteiger partial charge in [-0.3, -0.25) is 4.90 Å². The Kier molecular flexibility index (Phi) is 6.57. The highest BCUT2D eigenvalue weighted by Crippen LogP contribution is 2.28. The average Bonchev–Trinajstić information content (AvgIpc) is 2.92. The van der Waals surface area contributed by atoms with E-state index in [1.165, 1.54) is 25.7 Å². The third kappa shape index (κ3) is 5.38. The number of aliphatic hydroxyl groups excluding tert-OH is 1. The number of morpholine rings is 1. The molecule has 0 radical (unpaired) electrons. The van der Waals surface area contributed by atoms with E-state index in [2.05, 4.69) is 17.1 Å². The first kappa shape index (κ1) is 15.2. The topological polar surface area (TPSA) is 44.7 Å². The highest BCUT2D eigenvalue weighted by molar-refractivity contribution is 4.75. The van der Waals surface area contributed by atoms with Crippen LogP contribution in [0.1, 0.15) is 39.0 Å². The molecule has 2 atom stereocenters. The second kappa shape index (κ2) is 8.20. The Labute approximate surface area is 117 Å². The maximum atomic E-state index is 10.0. The van der Waals surface area contributed by atoms with Crippen molar-refractivity contribution in [3.8, 4) is 0 Å². The molecule has 2 unspecified atom stereocenters. The van der Waals surface area contributed by atoms with Crippen molar-refractivity contribution in [3.05, 3.63) is 0 Å². The largest absolute Gasteiger partial charge is 0.392 e. The lowest BCUT2D eigenvalue weighted by atomic mass is 10.00. The lowest BCUT2D eigenvalue weighted by Crippen LogP contribution is -2.47. The zero-order valence-electron chi connectivity index (χ0n) is 12.3. The van der Waals surface area contributed by atoms with Crippen molar-refractivity contribution in [1.29, 1.82) is 0 Å². The van der Waals surface area contributed by atoms with Gasteiger partial charge in [0.25, 0.3) is 0 Å². The van der Waals surface area contributed by atoms with E-state index in [0.717, 1.165) is 45.1 Å². The average molecular weight is 270 g/mol. The Bertz CT molecular complexity index is 244. The monoisotopic (exact) mass is 270 g/mol. The lowest BCUT2D eigenvalue weighted by Gasteiger charge is -2.32. The van der Waals surface area contributed by atoms with Crippen LogP contribution in [-0.2, 0) is 4.74 Å². The van der Waals surface area contributed by atoms with E-state index >= 15 is 0 Å². The van der Waals surface area contributed by atoms with Crippen LogP contribution in [0.4, 0.5) is 0 Å². The predicted octanol–water partition coefficient (Wildman–Crippen LogP) is 1.24. The Balaban J connectivity index is 1.55. The van der Waals surface area contributed by atoms with Crippen molar-refractivity contribution in [2.45, 2.75) is 51.2 Å². The maximum Gasteiger partial charge on any atom is 0.0826 e. The first-order valence-electron chi connectivity index (χ1n) is 8.00. The van der Waals surface area contributed by atoms with Crippen LogP contribution in [0.3, 0.4) is 0 Å². The summed E-state index contributed by atoms with van der Waals surface area (Å²) in [6.07, 6.45) is 6.41. The summed E-state index contributed by atoms with van der Waals surface area (Å²) in [7, 11) is 0. The number of hydrogen-bond donors (Lipinski definition) is 2. The zero-order chi connectivity index (χ0) is 13.5. The van der Waals surface area contributed by atoms with Crippen molar-refractivity contribution in [3.63, 3.8) is 0 Å². The lowest BCUT2D eigenvalue weighted by molar-refractivity contribution is -0.0263. The number of ether oxygens (including phenoxy) is 1. The molecule has 0 aromatic rings. The standard InChI is InChI=1S/C15H30N2O2/c1-2-17-7-8-19-15(12-17)11-16-10-14(18)9-13-5-3-4-6-13/h13-16,18H,2-12H2,1H3. The summed E-state index contributed by atoms with van der Waals surface area (Å²) in [6.45, 7) is 7.77. The molecule has 1 aliphatic carbocycles. The second-order valence-electron chi connectivity index (χ2n) is 6.08. The summed E-state index contributed by atoms with van der Waals surface area (Å²) in [5, 5.41) is 13.4. The molecule has 1 saturated heterocycles. The fourth-order valence-electron chi connectivity index (χ4n) is 3.32. The minimum Gasteiger partial charge on any atom is -0.392 e. The first-order chi connectivity index (χ1) is 9.28. The third-order valence-electron chi connectivity index (χ3n) is 4.50. The van der Waals surface area contributed by atoms with Gasteiger partial charge in [-0.05, 0) is 18.9 Å². The molecule has 4 nitrogen and oxygen atoms in total. The van der Waals surface area contributed by atoms with Gasteiger partial charge in [0.1, 0.15) is 0 Å². The van der Waals surface area contributed by atoms with E-state index in [4.69, 9.17) is 4.74 Å². The molecule has 2 rings (SSSR count). The summed E-state index contributed by atoms with van der Waals surface area (Å²) < 4.78 is 5.74. The fraction of sp³-hybridized carbons (Fsp3) is 1.00. The van der Waals surface area contributed by atoms with E-state index in [-0.39, 0.29) is 12.2 Å².